The maximum absolute atomic E-state index is 11.0. The minimum Gasteiger partial charge on any atom is -0.344 e. The van der Waals surface area contributed by atoms with Gasteiger partial charge in [-0.25, -0.2) is 4.99 Å². The van der Waals surface area contributed by atoms with Crippen LogP contribution < -0.4 is 0 Å². The van der Waals surface area contributed by atoms with E-state index in [1.807, 2.05) is 18.7 Å². The summed E-state index contributed by atoms with van der Waals surface area (Å²) in [6.07, 6.45) is 6.46. The number of rotatable bonds is 6. The molecule has 1 saturated carbocycles. The number of aryl methyl sites for hydroxylation is 1. The number of nitro groups is 1. The van der Waals surface area contributed by atoms with Crippen molar-refractivity contribution in [1.29, 1.82) is 0 Å². The number of nitrogens with zero attached hydrogens (tertiary/aromatic N) is 3. The van der Waals surface area contributed by atoms with E-state index in [0.717, 1.165) is 34.6 Å². The highest BCUT2D eigenvalue weighted by molar-refractivity contribution is 8.14. The SMILES string of the molecule is CCCC1CCC2(CSC(=Nc3ccc([N+](=O)[O-])cc3C)N2CC(C)C)C1. The average Bonchev–Trinajstić information content (AvgIpc) is 3.15. The molecule has 1 aromatic carbocycles. The summed E-state index contributed by atoms with van der Waals surface area (Å²) in [4.78, 5) is 18.2. The Hall–Kier alpha value is -1.56. The largest absolute Gasteiger partial charge is 0.344 e. The number of hydrogen-bond acceptors (Lipinski definition) is 4. The fourth-order valence-corrected chi connectivity index (χ4v) is 5.92. The number of aliphatic imine (C=N–C) groups is 1. The first kappa shape index (κ1) is 20.2. The molecule has 2 aliphatic rings. The van der Waals surface area contributed by atoms with Crippen molar-refractivity contribution in [2.75, 3.05) is 12.3 Å². The lowest BCUT2D eigenvalue weighted by atomic mass is 9.93. The van der Waals surface area contributed by atoms with E-state index in [0.29, 0.717) is 5.92 Å². The van der Waals surface area contributed by atoms with Gasteiger partial charge in [0.05, 0.1) is 16.1 Å². The van der Waals surface area contributed by atoms with Crippen LogP contribution in [-0.4, -0.2) is 32.8 Å². The Morgan fingerprint density at radius 2 is 2.22 bits per heavy atom. The molecule has 2 unspecified atom stereocenters. The van der Waals surface area contributed by atoms with Gasteiger partial charge in [-0.05, 0) is 49.7 Å². The van der Waals surface area contributed by atoms with Gasteiger partial charge in [0, 0.05) is 24.4 Å². The molecule has 1 aliphatic heterocycles. The molecule has 0 bridgehead atoms. The van der Waals surface area contributed by atoms with Crippen LogP contribution in [0.25, 0.3) is 0 Å². The Balaban J connectivity index is 1.88. The molecule has 0 radical (unpaired) electrons. The molecule has 1 saturated heterocycles. The van der Waals surface area contributed by atoms with Crippen molar-refractivity contribution >= 4 is 28.3 Å². The molecule has 6 heteroatoms. The maximum atomic E-state index is 11.0. The third-order valence-corrected chi connectivity index (χ3v) is 7.06. The Morgan fingerprint density at radius 1 is 1.44 bits per heavy atom. The zero-order chi connectivity index (χ0) is 19.6. The van der Waals surface area contributed by atoms with Crippen molar-refractivity contribution in [3.63, 3.8) is 0 Å². The van der Waals surface area contributed by atoms with Crippen LogP contribution in [0.3, 0.4) is 0 Å². The van der Waals surface area contributed by atoms with Gasteiger partial charge in [-0.1, -0.05) is 45.4 Å². The number of nitro benzene ring substituents is 1. The summed E-state index contributed by atoms with van der Waals surface area (Å²) in [6.45, 7) is 9.75. The Kier molecular flexibility index (Phi) is 6.14. The molecule has 3 rings (SSSR count). The molecule has 0 N–H and O–H groups in total. The second kappa shape index (κ2) is 8.21. The van der Waals surface area contributed by atoms with Crippen LogP contribution in [-0.2, 0) is 0 Å². The van der Waals surface area contributed by atoms with E-state index < -0.39 is 0 Å². The van der Waals surface area contributed by atoms with Crippen LogP contribution in [0.5, 0.6) is 0 Å². The number of benzene rings is 1. The van der Waals surface area contributed by atoms with E-state index in [1.54, 1.807) is 18.2 Å². The van der Waals surface area contributed by atoms with E-state index in [9.17, 15) is 10.1 Å². The summed E-state index contributed by atoms with van der Waals surface area (Å²) in [5, 5.41) is 12.1. The summed E-state index contributed by atoms with van der Waals surface area (Å²) in [5.74, 6) is 2.53. The molecule has 2 fully saturated rings. The van der Waals surface area contributed by atoms with Crippen LogP contribution in [0.1, 0.15) is 58.4 Å². The summed E-state index contributed by atoms with van der Waals surface area (Å²) >= 11 is 1.86. The molecule has 1 spiro atoms. The highest BCUT2D eigenvalue weighted by atomic mass is 32.2. The van der Waals surface area contributed by atoms with Crippen molar-refractivity contribution < 1.29 is 4.92 Å². The molecule has 2 atom stereocenters. The monoisotopic (exact) mass is 389 g/mol. The van der Waals surface area contributed by atoms with Crippen molar-refractivity contribution in [1.82, 2.24) is 4.90 Å². The average molecular weight is 390 g/mol. The fraction of sp³-hybridized carbons (Fsp3) is 0.667. The van der Waals surface area contributed by atoms with E-state index in [-0.39, 0.29) is 16.1 Å². The van der Waals surface area contributed by atoms with E-state index in [1.165, 1.54) is 32.1 Å². The van der Waals surface area contributed by atoms with E-state index >= 15 is 0 Å². The molecular weight excluding hydrogens is 358 g/mol. The standard InChI is InChI=1S/C21H31N3O2S/c1-5-6-17-9-10-21(12-17)14-27-20(23(21)13-15(2)3)22-19-8-7-18(24(25)26)11-16(19)4/h7-8,11,15,17H,5-6,9-10,12-14H2,1-4H3. The third-order valence-electron chi connectivity index (χ3n) is 5.81. The predicted octanol–water partition coefficient (Wildman–Crippen LogP) is 5.93. The van der Waals surface area contributed by atoms with Crippen LogP contribution in [0.15, 0.2) is 23.2 Å². The first-order valence-corrected chi connectivity index (χ1v) is 11.1. The van der Waals surface area contributed by atoms with Gasteiger partial charge in [-0.2, -0.15) is 0 Å². The van der Waals surface area contributed by atoms with Gasteiger partial charge < -0.3 is 4.90 Å². The maximum Gasteiger partial charge on any atom is 0.269 e. The molecule has 1 aliphatic carbocycles. The summed E-state index contributed by atoms with van der Waals surface area (Å²) in [5.41, 5.74) is 2.08. The molecule has 1 heterocycles. The Morgan fingerprint density at radius 3 is 2.85 bits per heavy atom. The van der Waals surface area contributed by atoms with Crippen molar-refractivity contribution in [3.05, 3.63) is 33.9 Å². The molecular formula is C21H31N3O2S. The van der Waals surface area contributed by atoms with E-state index in [2.05, 4.69) is 25.7 Å². The number of hydrogen-bond donors (Lipinski definition) is 0. The van der Waals surface area contributed by atoms with E-state index in [4.69, 9.17) is 4.99 Å². The lowest BCUT2D eigenvalue weighted by molar-refractivity contribution is -0.384. The lowest BCUT2D eigenvalue weighted by Crippen LogP contribution is -2.47. The van der Waals surface area contributed by atoms with Gasteiger partial charge in [-0.15, -0.1) is 0 Å². The zero-order valence-corrected chi connectivity index (χ0v) is 17.7. The smallest absolute Gasteiger partial charge is 0.269 e. The van der Waals surface area contributed by atoms with Gasteiger partial charge >= 0.3 is 0 Å². The molecule has 5 nitrogen and oxygen atoms in total. The quantitative estimate of drug-likeness (QED) is 0.446. The van der Waals surface area contributed by atoms with Crippen molar-refractivity contribution in [2.45, 2.75) is 65.3 Å². The minimum absolute atomic E-state index is 0.129. The molecule has 27 heavy (non-hydrogen) atoms. The second-order valence-electron chi connectivity index (χ2n) is 8.54. The topological polar surface area (TPSA) is 58.7 Å². The van der Waals surface area contributed by atoms with Gasteiger partial charge in [0.15, 0.2) is 5.17 Å². The number of amidine groups is 1. The minimum atomic E-state index is -0.347. The summed E-state index contributed by atoms with van der Waals surface area (Å²) in [6, 6.07) is 4.96. The predicted molar refractivity (Wildman–Crippen MR) is 114 cm³/mol. The Bertz CT molecular complexity index is 734. The first-order chi connectivity index (χ1) is 12.8. The highest BCUT2D eigenvalue weighted by Gasteiger charge is 2.49. The molecule has 0 aromatic heterocycles. The molecule has 1 aromatic rings. The van der Waals surface area contributed by atoms with Crippen molar-refractivity contribution in [2.24, 2.45) is 16.8 Å². The Labute approximate surface area is 166 Å². The summed E-state index contributed by atoms with van der Waals surface area (Å²) in [7, 11) is 0. The lowest BCUT2D eigenvalue weighted by Gasteiger charge is -2.37. The van der Waals surface area contributed by atoms with Crippen LogP contribution in [0.4, 0.5) is 11.4 Å². The van der Waals surface area contributed by atoms with Gasteiger partial charge in [0.1, 0.15) is 0 Å². The fourth-order valence-electron chi connectivity index (χ4n) is 4.51. The van der Waals surface area contributed by atoms with Crippen LogP contribution in [0.2, 0.25) is 0 Å². The normalized spacial score (nSPS) is 26.6. The third kappa shape index (κ3) is 4.31. The van der Waals surface area contributed by atoms with Crippen LogP contribution in [0, 0.1) is 28.9 Å². The van der Waals surface area contributed by atoms with Gasteiger partial charge in [0.25, 0.3) is 5.69 Å². The second-order valence-corrected chi connectivity index (χ2v) is 9.48. The molecule has 0 amide bonds. The molecule has 148 valence electrons. The zero-order valence-electron chi connectivity index (χ0n) is 16.9. The highest BCUT2D eigenvalue weighted by Crippen LogP contribution is 2.48. The van der Waals surface area contributed by atoms with Crippen LogP contribution >= 0.6 is 11.8 Å². The van der Waals surface area contributed by atoms with Gasteiger partial charge in [-0.3, -0.25) is 10.1 Å². The summed E-state index contributed by atoms with van der Waals surface area (Å²) < 4.78 is 0. The first-order valence-electron chi connectivity index (χ1n) is 10.1. The number of thioether (sulfide) groups is 1. The van der Waals surface area contributed by atoms with Crippen molar-refractivity contribution in [3.8, 4) is 0 Å². The number of non-ortho nitro benzene ring substituents is 1. The van der Waals surface area contributed by atoms with Gasteiger partial charge in [0.2, 0.25) is 0 Å².